The number of carboxylic acids is 2. The molecule has 0 saturated heterocycles. The minimum atomic E-state index is -1.21. The highest BCUT2D eigenvalue weighted by molar-refractivity contribution is 5.92. The zero-order chi connectivity index (χ0) is 21.1. The summed E-state index contributed by atoms with van der Waals surface area (Å²) in [5, 5.41) is 24.4. The molecule has 0 aliphatic rings. The van der Waals surface area contributed by atoms with Crippen molar-refractivity contribution in [2.75, 3.05) is 6.54 Å². The molecular formula is C16H28N4O7. The molecule has 0 rings (SSSR count). The Morgan fingerprint density at radius 3 is 2.04 bits per heavy atom. The number of hydrogen-bond acceptors (Lipinski definition) is 6. The second kappa shape index (κ2) is 11.8. The van der Waals surface area contributed by atoms with Crippen molar-refractivity contribution in [1.29, 1.82) is 0 Å². The van der Waals surface area contributed by atoms with Gasteiger partial charge in [-0.25, -0.2) is 0 Å². The number of rotatable bonds is 12. The van der Waals surface area contributed by atoms with Crippen LogP contribution >= 0.6 is 0 Å². The number of aliphatic carboxylic acids is 2. The second-order valence-electron chi connectivity index (χ2n) is 6.57. The molecule has 3 atom stereocenters. The largest absolute Gasteiger partial charge is 0.481 e. The third kappa shape index (κ3) is 10.8. The molecule has 0 aliphatic heterocycles. The fourth-order valence-electron chi connectivity index (χ4n) is 2.03. The molecule has 0 aromatic carbocycles. The first-order valence-corrected chi connectivity index (χ1v) is 8.51. The number of amides is 3. The van der Waals surface area contributed by atoms with Gasteiger partial charge in [-0.3, -0.25) is 24.0 Å². The van der Waals surface area contributed by atoms with E-state index in [9.17, 15) is 24.0 Å². The third-order valence-electron chi connectivity index (χ3n) is 3.52. The van der Waals surface area contributed by atoms with E-state index in [1.54, 1.807) is 0 Å². The average Bonchev–Trinajstić information content (AvgIpc) is 2.56. The van der Waals surface area contributed by atoms with Gasteiger partial charge in [0, 0.05) is 6.42 Å². The van der Waals surface area contributed by atoms with Crippen molar-refractivity contribution in [2.24, 2.45) is 11.7 Å². The lowest BCUT2D eigenvalue weighted by Crippen LogP contribution is -2.53. The molecule has 0 radical (unpaired) electrons. The van der Waals surface area contributed by atoms with Gasteiger partial charge in [0.15, 0.2) is 0 Å². The predicted octanol–water partition coefficient (Wildman–Crippen LogP) is -1.59. The quantitative estimate of drug-likeness (QED) is 0.231. The zero-order valence-corrected chi connectivity index (χ0v) is 15.7. The van der Waals surface area contributed by atoms with Gasteiger partial charge in [-0.05, 0) is 25.7 Å². The number of carbonyl (C=O) groups is 5. The summed E-state index contributed by atoms with van der Waals surface area (Å²) < 4.78 is 0. The van der Waals surface area contributed by atoms with E-state index in [0.717, 1.165) is 0 Å². The molecule has 0 fully saturated rings. The van der Waals surface area contributed by atoms with Crippen molar-refractivity contribution in [1.82, 2.24) is 16.0 Å². The summed E-state index contributed by atoms with van der Waals surface area (Å²) in [6.45, 7) is 4.51. The van der Waals surface area contributed by atoms with E-state index in [4.69, 9.17) is 15.9 Å². The standard InChI is InChI=1S/C16H28N4O7/c1-8(2)6-11(15(25)19-9(3)16(26)27)20-12(21)7-18-14(24)10(17)4-5-13(22)23/h8-11H,4-7,17H2,1-3H3,(H,18,24)(H,19,25)(H,20,21)(H,22,23)(H,26,27). The molecule has 11 heteroatoms. The first-order chi connectivity index (χ1) is 12.4. The van der Waals surface area contributed by atoms with Crippen LogP contribution in [0.3, 0.4) is 0 Å². The van der Waals surface area contributed by atoms with Crippen molar-refractivity contribution >= 4 is 29.7 Å². The Hall–Kier alpha value is -2.69. The number of hydrogen-bond donors (Lipinski definition) is 6. The normalized spacial score (nSPS) is 14.0. The summed E-state index contributed by atoms with van der Waals surface area (Å²) in [6.07, 6.45) is -0.0800. The van der Waals surface area contributed by atoms with Crippen LogP contribution in [0.1, 0.15) is 40.0 Å². The smallest absolute Gasteiger partial charge is 0.325 e. The molecule has 3 unspecified atom stereocenters. The number of carboxylic acid groups (broad SMARTS) is 2. The minimum Gasteiger partial charge on any atom is -0.481 e. The van der Waals surface area contributed by atoms with E-state index in [2.05, 4.69) is 16.0 Å². The maximum atomic E-state index is 12.2. The summed E-state index contributed by atoms with van der Waals surface area (Å²) in [6, 6.07) is -3.15. The zero-order valence-electron chi connectivity index (χ0n) is 15.7. The van der Waals surface area contributed by atoms with Crippen LogP contribution in [0.5, 0.6) is 0 Å². The van der Waals surface area contributed by atoms with Crippen LogP contribution in [0.25, 0.3) is 0 Å². The van der Waals surface area contributed by atoms with E-state index in [-0.39, 0.29) is 25.2 Å². The van der Waals surface area contributed by atoms with Crippen molar-refractivity contribution in [2.45, 2.75) is 58.2 Å². The van der Waals surface area contributed by atoms with Gasteiger partial charge in [0.25, 0.3) is 0 Å². The van der Waals surface area contributed by atoms with Crippen LogP contribution in [0.4, 0.5) is 0 Å². The lowest BCUT2D eigenvalue weighted by atomic mass is 10.0. The average molecular weight is 388 g/mol. The van der Waals surface area contributed by atoms with Crippen molar-refractivity contribution in [3.8, 4) is 0 Å². The number of carbonyl (C=O) groups excluding carboxylic acids is 3. The molecule has 154 valence electrons. The van der Waals surface area contributed by atoms with Gasteiger partial charge >= 0.3 is 11.9 Å². The van der Waals surface area contributed by atoms with Gasteiger partial charge in [0.2, 0.25) is 17.7 Å². The molecule has 0 aliphatic carbocycles. The molecule has 7 N–H and O–H groups in total. The van der Waals surface area contributed by atoms with E-state index in [1.165, 1.54) is 6.92 Å². The van der Waals surface area contributed by atoms with Crippen LogP contribution < -0.4 is 21.7 Å². The fraction of sp³-hybridized carbons (Fsp3) is 0.688. The predicted molar refractivity (Wildman–Crippen MR) is 94.5 cm³/mol. The first kappa shape index (κ1) is 24.3. The molecule has 0 aromatic heterocycles. The highest BCUT2D eigenvalue weighted by atomic mass is 16.4. The Balaban J connectivity index is 4.63. The summed E-state index contributed by atoms with van der Waals surface area (Å²) in [5.74, 6) is -4.24. The molecule has 0 bridgehead atoms. The maximum Gasteiger partial charge on any atom is 0.325 e. The molecule has 0 heterocycles. The van der Waals surface area contributed by atoms with Crippen LogP contribution in [0, 0.1) is 5.92 Å². The van der Waals surface area contributed by atoms with Crippen LogP contribution in [-0.2, 0) is 24.0 Å². The summed E-state index contributed by atoms with van der Waals surface area (Å²) in [7, 11) is 0. The van der Waals surface area contributed by atoms with Gasteiger partial charge in [0.05, 0.1) is 12.6 Å². The van der Waals surface area contributed by atoms with Crippen molar-refractivity contribution in [3.05, 3.63) is 0 Å². The van der Waals surface area contributed by atoms with Crippen LogP contribution in [0.15, 0.2) is 0 Å². The first-order valence-electron chi connectivity index (χ1n) is 8.51. The van der Waals surface area contributed by atoms with E-state index < -0.39 is 54.3 Å². The molecule has 0 spiro atoms. The maximum absolute atomic E-state index is 12.2. The fourth-order valence-corrected chi connectivity index (χ4v) is 2.03. The number of nitrogens with one attached hydrogen (secondary N) is 3. The van der Waals surface area contributed by atoms with Gasteiger partial charge in [0.1, 0.15) is 12.1 Å². The summed E-state index contributed by atoms with van der Waals surface area (Å²) in [4.78, 5) is 57.2. The molecule has 0 aromatic rings. The van der Waals surface area contributed by atoms with Gasteiger partial charge in [-0.1, -0.05) is 13.8 Å². The Morgan fingerprint density at radius 2 is 1.56 bits per heavy atom. The minimum absolute atomic E-state index is 0.0419. The van der Waals surface area contributed by atoms with E-state index in [1.807, 2.05) is 13.8 Å². The van der Waals surface area contributed by atoms with Gasteiger partial charge < -0.3 is 31.9 Å². The topological polar surface area (TPSA) is 188 Å². The van der Waals surface area contributed by atoms with Crippen LogP contribution in [0.2, 0.25) is 0 Å². The lowest BCUT2D eigenvalue weighted by Gasteiger charge is -2.21. The van der Waals surface area contributed by atoms with Crippen molar-refractivity contribution in [3.63, 3.8) is 0 Å². The van der Waals surface area contributed by atoms with E-state index in [0.29, 0.717) is 0 Å². The molecule has 11 nitrogen and oxygen atoms in total. The van der Waals surface area contributed by atoms with Gasteiger partial charge in [-0.2, -0.15) is 0 Å². The summed E-state index contributed by atoms with van der Waals surface area (Å²) >= 11 is 0. The Labute approximate surface area is 157 Å². The second-order valence-corrected chi connectivity index (χ2v) is 6.57. The Morgan fingerprint density at radius 1 is 0.963 bits per heavy atom. The third-order valence-corrected chi connectivity index (χ3v) is 3.52. The highest BCUT2D eigenvalue weighted by Gasteiger charge is 2.25. The summed E-state index contributed by atoms with van der Waals surface area (Å²) in [5.41, 5.74) is 5.52. The molecular weight excluding hydrogens is 360 g/mol. The molecule has 3 amide bonds. The molecule has 27 heavy (non-hydrogen) atoms. The Kier molecular flexibility index (Phi) is 10.7. The highest BCUT2D eigenvalue weighted by Crippen LogP contribution is 2.05. The lowest BCUT2D eigenvalue weighted by molar-refractivity contribution is -0.142. The Bertz CT molecular complexity index is 565. The van der Waals surface area contributed by atoms with Crippen molar-refractivity contribution < 1.29 is 34.2 Å². The van der Waals surface area contributed by atoms with E-state index >= 15 is 0 Å². The van der Waals surface area contributed by atoms with Crippen LogP contribution in [-0.4, -0.2) is 64.5 Å². The molecule has 0 saturated carbocycles. The number of nitrogens with two attached hydrogens (primary N) is 1. The van der Waals surface area contributed by atoms with Gasteiger partial charge in [-0.15, -0.1) is 0 Å². The monoisotopic (exact) mass is 388 g/mol. The SMILES string of the molecule is CC(C)CC(NC(=O)CNC(=O)C(N)CCC(=O)O)C(=O)NC(C)C(=O)O.